The fourth-order valence-electron chi connectivity index (χ4n) is 1.30. The number of rotatable bonds is 4. The van der Waals surface area contributed by atoms with Crippen LogP contribution in [0.3, 0.4) is 0 Å². The van der Waals surface area contributed by atoms with E-state index in [0.29, 0.717) is 22.3 Å². The van der Waals surface area contributed by atoms with Crippen molar-refractivity contribution in [2.45, 2.75) is 13.8 Å². The molecule has 3 nitrogen and oxygen atoms in total. The first-order valence-electron chi connectivity index (χ1n) is 5.15. The number of carbonyl (C=O) groups is 1. The van der Waals surface area contributed by atoms with Gasteiger partial charge in [0.2, 0.25) is 0 Å². The summed E-state index contributed by atoms with van der Waals surface area (Å²) in [6.07, 6.45) is 0. The molecule has 0 fully saturated rings. The summed E-state index contributed by atoms with van der Waals surface area (Å²) in [5, 5.41) is 4.02. The van der Waals surface area contributed by atoms with Gasteiger partial charge in [-0.05, 0) is 26.0 Å². The van der Waals surface area contributed by atoms with Crippen LogP contribution in [0.5, 0.6) is 0 Å². The van der Waals surface area contributed by atoms with Gasteiger partial charge in [0, 0.05) is 6.54 Å². The van der Waals surface area contributed by atoms with Gasteiger partial charge in [0.25, 0.3) is 0 Å². The van der Waals surface area contributed by atoms with Crippen molar-refractivity contribution in [3.05, 3.63) is 28.2 Å². The van der Waals surface area contributed by atoms with Crippen LogP contribution in [0.25, 0.3) is 0 Å². The van der Waals surface area contributed by atoms with E-state index in [-0.39, 0.29) is 5.97 Å². The zero-order chi connectivity index (χ0) is 13.1. The first kappa shape index (κ1) is 14.1. The number of hydrogen-bond acceptors (Lipinski definition) is 3. The van der Waals surface area contributed by atoms with E-state index in [9.17, 15) is 4.79 Å². The summed E-state index contributed by atoms with van der Waals surface area (Å²) in [4.78, 5) is 11.5. The normalized spacial score (nSPS) is 11.1. The fraction of sp³-hybridized carbons (Fsp3) is 0.417. The molecule has 0 aliphatic heterocycles. The van der Waals surface area contributed by atoms with Gasteiger partial charge in [0.1, 0.15) is 0 Å². The highest BCUT2D eigenvalue weighted by Gasteiger charge is 2.28. The zero-order valence-corrected chi connectivity index (χ0v) is 11.5. The Morgan fingerprint density at radius 1 is 1.41 bits per heavy atom. The van der Waals surface area contributed by atoms with Crippen molar-refractivity contribution in [1.29, 1.82) is 0 Å². The van der Waals surface area contributed by atoms with Crippen LogP contribution in [0.1, 0.15) is 13.8 Å². The van der Waals surface area contributed by atoms with Gasteiger partial charge in [0.15, 0.2) is 0 Å². The van der Waals surface area contributed by atoms with Gasteiger partial charge in [-0.2, -0.15) is 0 Å². The van der Waals surface area contributed by atoms with Crippen molar-refractivity contribution in [3.8, 4) is 0 Å². The number of carbonyl (C=O) groups excluding carboxylic acids is 1. The second kappa shape index (κ2) is 5.61. The fourth-order valence-corrected chi connectivity index (χ4v) is 1.67. The van der Waals surface area contributed by atoms with Crippen molar-refractivity contribution in [2.24, 2.45) is 5.41 Å². The Bertz CT molecular complexity index is 419. The maximum absolute atomic E-state index is 11.5. The maximum Gasteiger partial charge on any atom is 0.313 e. The van der Waals surface area contributed by atoms with E-state index in [2.05, 4.69) is 5.32 Å². The Labute approximate surface area is 111 Å². The predicted molar refractivity (Wildman–Crippen MR) is 70.7 cm³/mol. The van der Waals surface area contributed by atoms with Crippen LogP contribution in [0.15, 0.2) is 18.2 Å². The van der Waals surface area contributed by atoms with E-state index >= 15 is 0 Å². The lowest BCUT2D eigenvalue weighted by molar-refractivity contribution is -0.149. The molecular formula is C12H15Cl2NO2. The Kier molecular flexibility index (Phi) is 4.66. The zero-order valence-electron chi connectivity index (χ0n) is 10.0. The molecule has 1 aromatic rings. The van der Waals surface area contributed by atoms with Crippen LogP contribution in [-0.2, 0) is 9.53 Å². The molecule has 0 unspecified atom stereocenters. The third-order valence-corrected chi connectivity index (χ3v) is 3.23. The van der Waals surface area contributed by atoms with Crippen molar-refractivity contribution in [3.63, 3.8) is 0 Å². The molecule has 1 aromatic carbocycles. The van der Waals surface area contributed by atoms with Crippen LogP contribution in [-0.4, -0.2) is 19.6 Å². The molecule has 0 atom stereocenters. The molecule has 5 heteroatoms. The first-order valence-corrected chi connectivity index (χ1v) is 5.90. The van der Waals surface area contributed by atoms with Gasteiger partial charge in [-0.25, -0.2) is 0 Å². The molecule has 0 bridgehead atoms. The average Bonchev–Trinajstić information content (AvgIpc) is 2.30. The minimum Gasteiger partial charge on any atom is -0.469 e. The van der Waals surface area contributed by atoms with Gasteiger partial charge >= 0.3 is 5.97 Å². The summed E-state index contributed by atoms with van der Waals surface area (Å²) in [5.74, 6) is -0.275. The number of benzene rings is 1. The number of anilines is 1. The molecule has 1 rings (SSSR count). The number of ether oxygens (including phenoxy) is 1. The minimum absolute atomic E-state index is 0.275. The van der Waals surface area contributed by atoms with Crippen molar-refractivity contribution >= 4 is 34.9 Å². The Hall–Kier alpha value is -0.930. The number of methoxy groups -OCH3 is 1. The topological polar surface area (TPSA) is 38.3 Å². The second-order valence-electron chi connectivity index (χ2n) is 4.33. The Morgan fingerprint density at radius 2 is 2.06 bits per heavy atom. The van der Waals surface area contributed by atoms with Gasteiger partial charge in [-0.3, -0.25) is 4.79 Å². The third kappa shape index (κ3) is 3.51. The highest BCUT2D eigenvalue weighted by atomic mass is 35.5. The summed E-state index contributed by atoms with van der Waals surface area (Å²) in [5.41, 5.74) is 0.0802. The van der Waals surface area contributed by atoms with E-state index in [4.69, 9.17) is 27.9 Å². The molecule has 0 amide bonds. The lowest BCUT2D eigenvalue weighted by atomic mass is 9.93. The lowest BCUT2D eigenvalue weighted by Crippen LogP contribution is -2.33. The largest absolute Gasteiger partial charge is 0.469 e. The van der Waals surface area contributed by atoms with E-state index in [1.54, 1.807) is 26.0 Å². The van der Waals surface area contributed by atoms with E-state index < -0.39 is 5.41 Å². The molecule has 94 valence electrons. The van der Waals surface area contributed by atoms with Crippen molar-refractivity contribution in [1.82, 2.24) is 0 Å². The summed E-state index contributed by atoms with van der Waals surface area (Å²) in [7, 11) is 1.37. The molecule has 0 radical (unpaired) electrons. The SMILES string of the molecule is COC(=O)C(C)(C)CNc1cccc(Cl)c1Cl. The molecule has 0 saturated heterocycles. The number of esters is 1. The van der Waals surface area contributed by atoms with Crippen molar-refractivity contribution in [2.75, 3.05) is 19.0 Å². The lowest BCUT2D eigenvalue weighted by Gasteiger charge is -2.22. The number of nitrogens with one attached hydrogen (secondary N) is 1. The average molecular weight is 276 g/mol. The molecule has 0 aliphatic carbocycles. The number of hydrogen-bond donors (Lipinski definition) is 1. The second-order valence-corrected chi connectivity index (χ2v) is 5.12. The van der Waals surface area contributed by atoms with Crippen LogP contribution in [0.2, 0.25) is 10.0 Å². The smallest absolute Gasteiger partial charge is 0.313 e. The van der Waals surface area contributed by atoms with Gasteiger partial charge in [-0.15, -0.1) is 0 Å². The number of halogens is 2. The van der Waals surface area contributed by atoms with Crippen LogP contribution >= 0.6 is 23.2 Å². The van der Waals surface area contributed by atoms with E-state index in [1.807, 2.05) is 6.07 Å². The minimum atomic E-state index is -0.625. The van der Waals surface area contributed by atoms with Crippen LogP contribution < -0.4 is 5.32 Å². The quantitative estimate of drug-likeness (QED) is 0.854. The summed E-state index contributed by atoms with van der Waals surface area (Å²) in [6.45, 7) is 4.01. The van der Waals surface area contributed by atoms with Crippen LogP contribution in [0, 0.1) is 5.41 Å². The molecule has 17 heavy (non-hydrogen) atoms. The molecule has 1 N–H and O–H groups in total. The monoisotopic (exact) mass is 275 g/mol. The van der Waals surface area contributed by atoms with Gasteiger partial charge in [-0.1, -0.05) is 29.3 Å². The van der Waals surface area contributed by atoms with Gasteiger partial charge < -0.3 is 10.1 Å². The van der Waals surface area contributed by atoms with Crippen molar-refractivity contribution < 1.29 is 9.53 Å². The first-order chi connectivity index (χ1) is 7.88. The summed E-state index contributed by atoms with van der Waals surface area (Å²) in [6, 6.07) is 5.31. The standard InChI is InChI=1S/C12H15Cl2NO2/c1-12(2,11(16)17-3)7-15-9-6-4-5-8(13)10(9)14/h4-6,15H,7H2,1-3H3. The summed E-state index contributed by atoms with van der Waals surface area (Å²) < 4.78 is 4.72. The van der Waals surface area contributed by atoms with Gasteiger partial charge in [0.05, 0.1) is 28.3 Å². The molecule has 0 heterocycles. The Balaban J connectivity index is 2.74. The highest BCUT2D eigenvalue weighted by molar-refractivity contribution is 6.43. The molecule has 0 aliphatic rings. The van der Waals surface area contributed by atoms with E-state index in [0.717, 1.165) is 0 Å². The summed E-state index contributed by atoms with van der Waals surface area (Å²) >= 11 is 11.9. The molecule has 0 aromatic heterocycles. The van der Waals surface area contributed by atoms with Crippen LogP contribution in [0.4, 0.5) is 5.69 Å². The maximum atomic E-state index is 11.5. The Morgan fingerprint density at radius 3 is 2.65 bits per heavy atom. The highest BCUT2D eigenvalue weighted by Crippen LogP contribution is 2.30. The third-order valence-electron chi connectivity index (χ3n) is 2.41. The molecule has 0 spiro atoms. The predicted octanol–water partition coefficient (Wildman–Crippen LogP) is 3.60. The molecule has 0 saturated carbocycles. The molecular weight excluding hydrogens is 261 g/mol. The van der Waals surface area contributed by atoms with E-state index in [1.165, 1.54) is 7.11 Å².